The molecule has 0 rings (SSSR count). The number of hydrogen-bond donors (Lipinski definition) is 2. The summed E-state index contributed by atoms with van der Waals surface area (Å²) in [5, 5.41) is 18.3. The molecule has 0 saturated heterocycles. The molecule has 0 aliphatic heterocycles. The average Bonchev–Trinajstić information content (AvgIpc) is 2.25. The molecule has 0 aromatic heterocycles. The van der Waals surface area contributed by atoms with Crippen LogP contribution in [0.1, 0.15) is 86.5 Å². The molecule has 2 heteroatoms. The van der Waals surface area contributed by atoms with Crippen LogP contribution in [-0.2, 0) is 0 Å². The maximum atomic E-state index is 9.24. The fraction of sp³-hybridized carbons (Fsp3) is 1.00. The summed E-state index contributed by atoms with van der Waals surface area (Å²) in [6.45, 7) is 12.0. The third-order valence-corrected chi connectivity index (χ3v) is 3.23. The van der Waals surface area contributed by atoms with Crippen molar-refractivity contribution in [1.82, 2.24) is 0 Å². The van der Waals surface area contributed by atoms with E-state index in [9.17, 15) is 5.11 Å². The SMILES string of the molecule is CCCCC(C)C(C)O.CCCCCC(C)(C)O. The molecule has 0 heterocycles. The first-order chi connectivity index (χ1) is 8.24. The number of hydrogen-bond acceptors (Lipinski definition) is 2. The van der Waals surface area contributed by atoms with Gasteiger partial charge >= 0.3 is 0 Å². The van der Waals surface area contributed by atoms with Gasteiger partial charge in [-0.1, -0.05) is 52.9 Å². The zero-order valence-electron chi connectivity index (χ0n) is 13.5. The Morgan fingerprint density at radius 3 is 1.78 bits per heavy atom. The number of aliphatic hydroxyl groups is 2. The fourth-order valence-corrected chi connectivity index (χ4v) is 1.57. The van der Waals surface area contributed by atoms with E-state index in [-0.39, 0.29) is 6.10 Å². The molecule has 2 unspecified atom stereocenters. The molecule has 0 fully saturated rings. The van der Waals surface area contributed by atoms with Gasteiger partial charge in [-0.25, -0.2) is 0 Å². The summed E-state index contributed by atoms with van der Waals surface area (Å²) in [7, 11) is 0. The predicted molar refractivity (Wildman–Crippen MR) is 80.8 cm³/mol. The zero-order valence-corrected chi connectivity index (χ0v) is 13.5. The van der Waals surface area contributed by atoms with E-state index in [0.717, 1.165) is 19.3 Å². The summed E-state index contributed by atoms with van der Waals surface area (Å²) < 4.78 is 0. The monoisotopic (exact) mass is 260 g/mol. The minimum absolute atomic E-state index is 0.128. The summed E-state index contributed by atoms with van der Waals surface area (Å²) in [6.07, 6.45) is 8.06. The Morgan fingerprint density at radius 2 is 1.44 bits per heavy atom. The van der Waals surface area contributed by atoms with Crippen molar-refractivity contribution in [3.05, 3.63) is 0 Å². The molecule has 0 aromatic rings. The van der Waals surface area contributed by atoms with Gasteiger partial charge in [-0.3, -0.25) is 0 Å². The highest BCUT2D eigenvalue weighted by Crippen LogP contribution is 2.12. The maximum absolute atomic E-state index is 9.24. The predicted octanol–water partition coefficient (Wildman–Crippen LogP) is 4.53. The Morgan fingerprint density at radius 1 is 0.944 bits per heavy atom. The lowest BCUT2D eigenvalue weighted by molar-refractivity contribution is 0.0682. The molecule has 0 bridgehead atoms. The molecule has 0 aliphatic carbocycles. The van der Waals surface area contributed by atoms with Crippen LogP contribution in [-0.4, -0.2) is 21.9 Å². The van der Waals surface area contributed by atoms with Crippen LogP contribution in [0, 0.1) is 5.92 Å². The van der Waals surface area contributed by atoms with Crippen molar-refractivity contribution >= 4 is 0 Å². The normalized spacial score (nSPS) is 14.7. The first-order valence-corrected chi connectivity index (χ1v) is 7.65. The third kappa shape index (κ3) is 18.3. The molecule has 18 heavy (non-hydrogen) atoms. The Labute approximate surface area is 115 Å². The van der Waals surface area contributed by atoms with E-state index in [1.165, 1.54) is 25.7 Å². The summed E-state index contributed by atoms with van der Waals surface area (Å²) in [4.78, 5) is 0. The van der Waals surface area contributed by atoms with Gasteiger partial charge in [-0.15, -0.1) is 0 Å². The molecule has 0 saturated carbocycles. The van der Waals surface area contributed by atoms with Crippen LogP contribution in [0.5, 0.6) is 0 Å². The summed E-state index contributed by atoms with van der Waals surface area (Å²) in [5.41, 5.74) is -0.449. The first-order valence-electron chi connectivity index (χ1n) is 7.65. The van der Waals surface area contributed by atoms with Gasteiger partial charge in [0.1, 0.15) is 0 Å². The topological polar surface area (TPSA) is 40.5 Å². The smallest absolute Gasteiger partial charge is 0.0591 e. The maximum Gasteiger partial charge on any atom is 0.0591 e. The number of unbranched alkanes of at least 4 members (excludes halogenated alkanes) is 3. The van der Waals surface area contributed by atoms with Crippen molar-refractivity contribution in [2.45, 2.75) is 98.2 Å². The molecule has 0 amide bonds. The van der Waals surface area contributed by atoms with Gasteiger partial charge in [-0.05, 0) is 39.5 Å². The van der Waals surface area contributed by atoms with E-state index in [1.54, 1.807) is 0 Å². The quantitative estimate of drug-likeness (QED) is 0.629. The Hall–Kier alpha value is -0.0800. The highest BCUT2D eigenvalue weighted by atomic mass is 16.3. The van der Waals surface area contributed by atoms with Gasteiger partial charge < -0.3 is 10.2 Å². The van der Waals surface area contributed by atoms with Crippen LogP contribution < -0.4 is 0 Å². The highest BCUT2D eigenvalue weighted by molar-refractivity contribution is 4.63. The van der Waals surface area contributed by atoms with E-state index in [1.807, 2.05) is 20.8 Å². The number of aliphatic hydroxyl groups excluding tert-OH is 1. The van der Waals surface area contributed by atoms with Crippen LogP contribution in [0.4, 0.5) is 0 Å². The van der Waals surface area contributed by atoms with Crippen LogP contribution in [0.2, 0.25) is 0 Å². The summed E-state index contributed by atoms with van der Waals surface area (Å²) >= 11 is 0. The summed E-state index contributed by atoms with van der Waals surface area (Å²) in [5.74, 6) is 0.477. The van der Waals surface area contributed by atoms with Gasteiger partial charge in [0.25, 0.3) is 0 Å². The van der Waals surface area contributed by atoms with E-state index >= 15 is 0 Å². The zero-order chi connectivity index (χ0) is 14.6. The molecule has 112 valence electrons. The highest BCUT2D eigenvalue weighted by Gasteiger charge is 2.10. The van der Waals surface area contributed by atoms with Gasteiger partial charge in [0, 0.05) is 0 Å². The molecule has 0 radical (unpaired) electrons. The first kappa shape index (κ1) is 20.2. The lowest BCUT2D eigenvalue weighted by Gasteiger charge is -2.15. The van der Waals surface area contributed by atoms with E-state index < -0.39 is 5.60 Å². The van der Waals surface area contributed by atoms with Crippen molar-refractivity contribution in [2.24, 2.45) is 5.92 Å². The summed E-state index contributed by atoms with van der Waals surface area (Å²) in [6, 6.07) is 0. The lowest BCUT2D eigenvalue weighted by Crippen LogP contribution is -2.17. The second-order valence-electron chi connectivity index (χ2n) is 6.13. The standard InChI is InChI=1S/2C8H18O/c1-4-5-6-7-8(2,3)9;1-4-5-6-7(2)8(3)9/h9H,4-7H2,1-3H3;7-9H,4-6H2,1-3H3. The van der Waals surface area contributed by atoms with Crippen LogP contribution in [0.25, 0.3) is 0 Å². The molecular formula is C16H36O2. The second-order valence-corrected chi connectivity index (χ2v) is 6.13. The minimum Gasteiger partial charge on any atom is -0.393 e. The van der Waals surface area contributed by atoms with Crippen LogP contribution >= 0.6 is 0 Å². The second kappa shape index (κ2) is 12.0. The van der Waals surface area contributed by atoms with Crippen LogP contribution in [0.15, 0.2) is 0 Å². The largest absolute Gasteiger partial charge is 0.393 e. The van der Waals surface area contributed by atoms with E-state index in [2.05, 4.69) is 20.8 Å². The molecule has 2 nitrogen and oxygen atoms in total. The Bertz CT molecular complexity index is 159. The van der Waals surface area contributed by atoms with Gasteiger partial charge in [0.05, 0.1) is 11.7 Å². The van der Waals surface area contributed by atoms with Crippen LogP contribution in [0.3, 0.4) is 0 Å². The fourth-order valence-electron chi connectivity index (χ4n) is 1.57. The Kier molecular flexibility index (Phi) is 13.5. The van der Waals surface area contributed by atoms with Gasteiger partial charge in [-0.2, -0.15) is 0 Å². The van der Waals surface area contributed by atoms with Crippen molar-refractivity contribution in [3.8, 4) is 0 Å². The van der Waals surface area contributed by atoms with Gasteiger partial charge in [0.2, 0.25) is 0 Å². The molecule has 2 atom stereocenters. The molecule has 0 spiro atoms. The minimum atomic E-state index is -0.449. The van der Waals surface area contributed by atoms with Crippen molar-refractivity contribution in [3.63, 3.8) is 0 Å². The molecule has 2 N–H and O–H groups in total. The Balaban J connectivity index is 0. The number of rotatable bonds is 8. The molecule has 0 aliphatic rings. The van der Waals surface area contributed by atoms with Gasteiger partial charge in [0.15, 0.2) is 0 Å². The van der Waals surface area contributed by atoms with Crippen molar-refractivity contribution in [2.75, 3.05) is 0 Å². The van der Waals surface area contributed by atoms with Crippen molar-refractivity contribution < 1.29 is 10.2 Å². The third-order valence-electron chi connectivity index (χ3n) is 3.23. The molecular weight excluding hydrogens is 224 g/mol. The average molecular weight is 260 g/mol. The van der Waals surface area contributed by atoms with E-state index in [0.29, 0.717) is 5.92 Å². The van der Waals surface area contributed by atoms with E-state index in [4.69, 9.17) is 5.11 Å². The molecule has 0 aromatic carbocycles. The van der Waals surface area contributed by atoms with Crippen molar-refractivity contribution in [1.29, 1.82) is 0 Å². The lowest BCUT2D eigenvalue weighted by atomic mass is 10.00.